The van der Waals surface area contributed by atoms with Gasteiger partial charge in [-0.3, -0.25) is 19.5 Å². The lowest BCUT2D eigenvalue weighted by Gasteiger charge is -2.17. The van der Waals surface area contributed by atoms with Gasteiger partial charge < -0.3 is 20.6 Å². The molecule has 4 N–H and O–H groups in total. The fourth-order valence-electron chi connectivity index (χ4n) is 3.07. The zero-order valence-corrected chi connectivity index (χ0v) is 19.6. The molecule has 176 valence electrons. The van der Waals surface area contributed by atoms with Gasteiger partial charge >= 0.3 is 0 Å². The maximum absolute atomic E-state index is 13.0. The number of rotatable bonds is 7. The standard InChI is InChI=1S/C22H25N5O4.C2H6/c1-4-27-22(31)18(17(20(29)25-27)23-13-14-9-6-5-7-10-14)24-16-12-8-11-15(19(16)28)21(30)26(2)3;1-2/h5-12,23-24,28H,4,13H2,1-3H3,(H,25,29);1-2H3. The highest BCUT2D eigenvalue weighted by molar-refractivity contribution is 5.98. The number of amides is 1. The van der Waals surface area contributed by atoms with E-state index in [0.29, 0.717) is 6.54 Å². The Hall–Kier alpha value is -4.01. The predicted molar refractivity (Wildman–Crippen MR) is 132 cm³/mol. The van der Waals surface area contributed by atoms with E-state index >= 15 is 0 Å². The van der Waals surface area contributed by atoms with Crippen molar-refractivity contribution < 1.29 is 9.90 Å². The van der Waals surface area contributed by atoms with Crippen LogP contribution in [0.2, 0.25) is 0 Å². The van der Waals surface area contributed by atoms with Crippen LogP contribution in [0.15, 0.2) is 58.1 Å². The van der Waals surface area contributed by atoms with Crippen molar-refractivity contribution in [1.29, 1.82) is 0 Å². The van der Waals surface area contributed by atoms with Crippen LogP contribution in [-0.2, 0) is 13.1 Å². The van der Waals surface area contributed by atoms with E-state index in [1.54, 1.807) is 27.1 Å². The monoisotopic (exact) mass is 453 g/mol. The first kappa shape index (κ1) is 25.3. The van der Waals surface area contributed by atoms with Crippen LogP contribution in [0.5, 0.6) is 5.75 Å². The van der Waals surface area contributed by atoms with Crippen molar-refractivity contribution in [3.63, 3.8) is 0 Å². The largest absolute Gasteiger partial charge is 0.505 e. The zero-order valence-electron chi connectivity index (χ0n) is 19.6. The molecule has 0 aliphatic carbocycles. The molecule has 1 amide bonds. The lowest BCUT2D eigenvalue weighted by atomic mass is 10.1. The number of carbonyl (C=O) groups excluding carboxylic acids is 1. The van der Waals surface area contributed by atoms with Crippen molar-refractivity contribution >= 4 is 23.0 Å². The topological polar surface area (TPSA) is 119 Å². The number of aryl methyl sites for hydroxylation is 1. The Labute approximate surface area is 192 Å². The van der Waals surface area contributed by atoms with Gasteiger partial charge in [-0.25, -0.2) is 4.68 Å². The number of aromatic amines is 1. The Kier molecular flexibility index (Phi) is 8.85. The third-order valence-electron chi connectivity index (χ3n) is 4.73. The highest BCUT2D eigenvalue weighted by Crippen LogP contribution is 2.31. The van der Waals surface area contributed by atoms with Gasteiger partial charge in [0.1, 0.15) is 11.4 Å². The number of para-hydroxylation sites is 1. The van der Waals surface area contributed by atoms with E-state index in [2.05, 4.69) is 15.7 Å². The zero-order chi connectivity index (χ0) is 24.5. The van der Waals surface area contributed by atoms with Crippen LogP contribution >= 0.6 is 0 Å². The molecule has 1 heterocycles. The smallest absolute Gasteiger partial charge is 0.291 e. The van der Waals surface area contributed by atoms with Gasteiger partial charge in [-0.15, -0.1) is 0 Å². The number of anilines is 3. The number of nitrogens with zero attached hydrogens (tertiary/aromatic N) is 2. The number of aromatic hydroxyl groups is 1. The normalized spacial score (nSPS) is 10.1. The van der Waals surface area contributed by atoms with Gasteiger partial charge in [-0.05, 0) is 24.6 Å². The lowest BCUT2D eigenvalue weighted by molar-refractivity contribution is 0.0824. The molecule has 0 aliphatic heterocycles. The van der Waals surface area contributed by atoms with Gasteiger partial charge in [0.15, 0.2) is 5.75 Å². The van der Waals surface area contributed by atoms with Gasteiger partial charge in [-0.2, -0.15) is 0 Å². The molecular weight excluding hydrogens is 422 g/mol. The summed E-state index contributed by atoms with van der Waals surface area (Å²) < 4.78 is 1.17. The number of nitrogens with one attached hydrogen (secondary N) is 3. The third kappa shape index (κ3) is 5.82. The molecule has 9 nitrogen and oxygen atoms in total. The molecule has 0 aliphatic rings. The fraction of sp³-hybridized carbons (Fsp3) is 0.292. The maximum atomic E-state index is 13.0. The number of aromatic nitrogens is 2. The van der Waals surface area contributed by atoms with Crippen LogP contribution in [0.3, 0.4) is 0 Å². The van der Waals surface area contributed by atoms with E-state index in [9.17, 15) is 19.5 Å². The first-order valence-electron chi connectivity index (χ1n) is 10.8. The first-order valence-corrected chi connectivity index (χ1v) is 10.8. The highest BCUT2D eigenvalue weighted by atomic mass is 16.3. The predicted octanol–water partition coefficient (Wildman–Crippen LogP) is 3.35. The Morgan fingerprint density at radius 3 is 2.30 bits per heavy atom. The van der Waals surface area contributed by atoms with E-state index in [-0.39, 0.29) is 40.8 Å². The number of H-pyrrole nitrogens is 1. The minimum Gasteiger partial charge on any atom is -0.505 e. The van der Waals surface area contributed by atoms with Crippen molar-refractivity contribution in [3.05, 3.63) is 80.4 Å². The molecule has 0 fully saturated rings. The van der Waals surface area contributed by atoms with Crippen molar-refractivity contribution in [3.8, 4) is 5.75 Å². The van der Waals surface area contributed by atoms with Crippen LogP contribution < -0.4 is 21.8 Å². The summed E-state index contributed by atoms with van der Waals surface area (Å²) in [5.74, 6) is -0.696. The minimum absolute atomic E-state index is 0.0220. The van der Waals surface area contributed by atoms with E-state index in [0.717, 1.165) is 5.56 Å². The number of phenolic OH excluding ortho intramolecular Hbond substituents is 1. The summed E-state index contributed by atoms with van der Waals surface area (Å²) in [5.41, 5.74) is 0.207. The van der Waals surface area contributed by atoms with Gasteiger partial charge in [-0.1, -0.05) is 50.2 Å². The van der Waals surface area contributed by atoms with Crippen LogP contribution in [0.1, 0.15) is 36.7 Å². The minimum atomic E-state index is -0.486. The fourth-order valence-corrected chi connectivity index (χ4v) is 3.07. The molecule has 3 rings (SSSR count). The molecule has 0 saturated carbocycles. The highest BCUT2D eigenvalue weighted by Gasteiger charge is 2.20. The van der Waals surface area contributed by atoms with Crippen molar-refractivity contribution in [2.45, 2.75) is 33.9 Å². The molecular formula is C24H31N5O4. The number of carbonyl (C=O) groups is 1. The summed E-state index contributed by atoms with van der Waals surface area (Å²) in [6.45, 7) is 6.30. The third-order valence-corrected chi connectivity index (χ3v) is 4.73. The first-order chi connectivity index (χ1) is 15.8. The van der Waals surface area contributed by atoms with Crippen LogP contribution in [-0.4, -0.2) is 39.8 Å². The van der Waals surface area contributed by atoms with E-state index in [1.165, 1.54) is 21.7 Å². The average Bonchev–Trinajstić information content (AvgIpc) is 2.83. The molecule has 0 spiro atoms. The van der Waals surface area contributed by atoms with Crippen molar-refractivity contribution in [2.75, 3.05) is 24.7 Å². The molecule has 0 radical (unpaired) electrons. The number of benzene rings is 2. The van der Waals surface area contributed by atoms with Crippen LogP contribution in [0.25, 0.3) is 0 Å². The quantitative estimate of drug-likeness (QED) is 0.407. The summed E-state index contributed by atoms with van der Waals surface area (Å²) in [5, 5.41) is 19.0. The van der Waals surface area contributed by atoms with E-state index < -0.39 is 11.1 Å². The molecule has 2 aromatic carbocycles. The number of phenols is 1. The molecule has 3 aromatic rings. The SMILES string of the molecule is CC.CCn1[nH]c(=O)c(NCc2ccccc2)c(Nc2cccc(C(=O)N(C)C)c2O)c1=O. The molecule has 0 atom stereocenters. The summed E-state index contributed by atoms with van der Waals surface area (Å²) in [6.07, 6.45) is 0. The second kappa shape index (κ2) is 11.6. The molecule has 0 saturated heterocycles. The van der Waals surface area contributed by atoms with Crippen molar-refractivity contribution in [2.24, 2.45) is 0 Å². The number of hydrogen-bond acceptors (Lipinski definition) is 6. The second-order valence-corrected chi connectivity index (χ2v) is 7.11. The summed E-state index contributed by atoms with van der Waals surface area (Å²) in [4.78, 5) is 39.3. The molecule has 1 aromatic heterocycles. The molecule has 0 bridgehead atoms. The lowest BCUT2D eigenvalue weighted by Crippen LogP contribution is -2.33. The van der Waals surface area contributed by atoms with Crippen LogP contribution in [0, 0.1) is 0 Å². The Balaban J connectivity index is 0.00000187. The molecule has 0 unspecified atom stereocenters. The average molecular weight is 454 g/mol. The van der Waals surface area contributed by atoms with Crippen LogP contribution in [0.4, 0.5) is 17.1 Å². The van der Waals surface area contributed by atoms with E-state index in [1.807, 2.05) is 44.2 Å². The van der Waals surface area contributed by atoms with Gasteiger partial charge in [0.25, 0.3) is 17.0 Å². The molecule has 33 heavy (non-hydrogen) atoms. The summed E-state index contributed by atoms with van der Waals surface area (Å²) in [6, 6.07) is 14.0. The maximum Gasteiger partial charge on any atom is 0.291 e. The summed E-state index contributed by atoms with van der Waals surface area (Å²) in [7, 11) is 3.15. The van der Waals surface area contributed by atoms with Gasteiger partial charge in [0, 0.05) is 27.2 Å². The Bertz CT molecular complexity index is 1200. The second-order valence-electron chi connectivity index (χ2n) is 7.11. The van der Waals surface area contributed by atoms with Gasteiger partial charge in [0.05, 0.1) is 11.3 Å². The summed E-state index contributed by atoms with van der Waals surface area (Å²) >= 11 is 0. The van der Waals surface area contributed by atoms with Crippen molar-refractivity contribution in [1.82, 2.24) is 14.7 Å². The van der Waals surface area contributed by atoms with Gasteiger partial charge in [0.2, 0.25) is 0 Å². The van der Waals surface area contributed by atoms with E-state index in [4.69, 9.17) is 0 Å². The Morgan fingerprint density at radius 1 is 1.03 bits per heavy atom. The molecule has 9 heteroatoms. The Morgan fingerprint density at radius 2 is 1.70 bits per heavy atom. The number of hydrogen-bond donors (Lipinski definition) is 4.